The molecule has 1 N–H and O–H groups in total. The summed E-state index contributed by atoms with van der Waals surface area (Å²) < 4.78 is 31.7. The SMILES string of the molecule is O=C1N[C@@H](c2c(F)ccc(Cl)c2F)CCO1. The molecule has 1 fully saturated rings. The predicted octanol–water partition coefficient (Wildman–Crippen LogP) is 2.79. The van der Waals surface area contributed by atoms with Gasteiger partial charge in [0.2, 0.25) is 0 Å². The van der Waals surface area contributed by atoms with E-state index in [9.17, 15) is 13.6 Å². The average Bonchev–Trinajstić information content (AvgIpc) is 2.24. The molecule has 3 nitrogen and oxygen atoms in total. The zero-order valence-corrected chi connectivity index (χ0v) is 8.85. The second kappa shape index (κ2) is 4.25. The smallest absolute Gasteiger partial charge is 0.407 e. The number of amides is 1. The summed E-state index contributed by atoms with van der Waals surface area (Å²) in [5.41, 5.74) is -0.218. The van der Waals surface area contributed by atoms with Gasteiger partial charge in [-0.15, -0.1) is 0 Å². The normalized spacial score (nSPS) is 20.2. The van der Waals surface area contributed by atoms with Crippen molar-refractivity contribution in [2.24, 2.45) is 0 Å². The predicted molar refractivity (Wildman–Crippen MR) is 53.2 cm³/mol. The van der Waals surface area contributed by atoms with Crippen molar-refractivity contribution < 1.29 is 18.3 Å². The number of hydrogen-bond donors (Lipinski definition) is 1. The molecule has 1 aliphatic heterocycles. The van der Waals surface area contributed by atoms with Crippen LogP contribution in [0.25, 0.3) is 0 Å². The topological polar surface area (TPSA) is 38.3 Å². The monoisotopic (exact) mass is 247 g/mol. The molecule has 1 heterocycles. The Morgan fingerprint density at radius 2 is 2.19 bits per heavy atom. The number of benzene rings is 1. The van der Waals surface area contributed by atoms with E-state index in [0.717, 1.165) is 12.1 Å². The molecule has 6 heteroatoms. The van der Waals surface area contributed by atoms with Gasteiger partial charge in [-0.1, -0.05) is 11.6 Å². The molecule has 1 aromatic carbocycles. The van der Waals surface area contributed by atoms with E-state index < -0.39 is 23.8 Å². The van der Waals surface area contributed by atoms with Gasteiger partial charge < -0.3 is 10.1 Å². The number of halogens is 3. The highest BCUT2D eigenvalue weighted by atomic mass is 35.5. The highest BCUT2D eigenvalue weighted by molar-refractivity contribution is 6.30. The molecular weight excluding hydrogens is 240 g/mol. The molecule has 0 unspecified atom stereocenters. The maximum atomic E-state index is 13.6. The minimum Gasteiger partial charge on any atom is -0.449 e. The van der Waals surface area contributed by atoms with Gasteiger partial charge in [-0.05, 0) is 12.1 Å². The van der Waals surface area contributed by atoms with Gasteiger partial charge in [-0.2, -0.15) is 0 Å². The quantitative estimate of drug-likeness (QED) is 0.775. The van der Waals surface area contributed by atoms with E-state index in [4.69, 9.17) is 11.6 Å². The van der Waals surface area contributed by atoms with Crippen LogP contribution in [0, 0.1) is 11.6 Å². The number of cyclic esters (lactones) is 1. The number of hydrogen-bond acceptors (Lipinski definition) is 2. The molecule has 1 amide bonds. The van der Waals surface area contributed by atoms with Crippen molar-refractivity contribution in [1.82, 2.24) is 5.32 Å². The van der Waals surface area contributed by atoms with E-state index >= 15 is 0 Å². The van der Waals surface area contributed by atoms with E-state index in [-0.39, 0.29) is 17.2 Å². The number of rotatable bonds is 1. The Bertz CT molecular complexity index is 439. The van der Waals surface area contributed by atoms with Crippen molar-refractivity contribution in [1.29, 1.82) is 0 Å². The van der Waals surface area contributed by atoms with Gasteiger partial charge in [-0.3, -0.25) is 0 Å². The van der Waals surface area contributed by atoms with Crippen LogP contribution in [0.5, 0.6) is 0 Å². The fourth-order valence-corrected chi connectivity index (χ4v) is 1.77. The molecule has 0 radical (unpaired) electrons. The maximum absolute atomic E-state index is 13.6. The average molecular weight is 248 g/mol. The number of carbonyl (C=O) groups excluding carboxylic acids is 1. The summed E-state index contributed by atoms with van der Waals surface area (Å²) in [6.07, 6.45) is -0.380. The van der Waals surface area contributed by atoms with Crippen molar-refractivity contribution >= 4 is 17.7 Å². The molecular formula is C10H8ClF2NO2. The van der Waals surface area contributed by atoms with Crippen LogP contribution in [0.2, 0.25) is 5.02 Å². The summed E-state index contributed by atoms with van der Waals surface area (Å²) in [7, 11) is 0. The van der Waals surface area contributed by atoms with E-state index in [2.05, 4.69) is 10.1 Å². The van der Waals surface area contributed by atoms with E-state index in [1.807, 2.05) is 0 Å². The largest absolute Gasteiger partial charge is 0.449 e. The minimum absolute atomic E-state index is 0.127. The van der Waals surface area contributed by atoms with Crippen LogP contribution in [0.3, 0.4) is 0 Å². The van der Waals surface area contributed by atoms with Crippen LogP contribution in [0.4, 0.5) is 13.6 Å². The lowest BCUT2D eigenvalue weighted by Gasteiger charge is -2.24. The second-order valence-electron chi connectivity index (χ2n) is 3.38. The third-order valence-corrected chi connectivity index (χ3v) is 2.65. The molecule has 1 atom stereocenters. The Morgan fingerprint density at radius 1 is 1.44 bits per heavy atom. The van der Waals surface area contributed by atoms with Crippen LogP contribution in [-0.2, 0) is 4.74 Å². The van der Waals surface area contributed by atoms with Gasteiger partial charge in [0.15, 0.2) is 0 Å². The first kappa shape index (κ1) is 11.1. The molecule has 1 aromatic rings. The third-order valence-electron chi connectivity index (χ3n) is 2.36. The summed E-state index contributed by atoms with van der Waals surface area (Å²) in [5.74, 6) is -1.57. The van der Waals surface area contributed by atoms with Crippen LogP contribution < -0.4 is 5.32 Å². The minimum atomic E-state index is -0.839. The number of alkyl carbamates (subject to hydrolysis) is 1. The number of carbonyl (C=O) groups is 1. The van der Waals surface area contributed by atoms with Crippen molar-refractivity contribution in [2.45, 2.75) is 12.5 Å². The first-order chi connectivity index (χ1) is 7.59. The molecule has 0 aliphatic carbocycles. The maximum Gasteiger partial charge on any atom is 0.407 e. The lowest BCUT2D eigenvalue weighted by molar-refractivity contribution is 0.114. The summed E-state index contributed by atoms with van der Waals surface area (Å²) in [6.45, 7) is 0.127. The lowest BCUT2D eigenvalue weighted by atomic mass is 10.0. The Morgan fingerprint density at radius 3 is 2.88 bits per heavy atom. The Kier molecular flexibility index (Phi) is 2.96. The zero-order valence-electron chi connectivity index (χ0n) is 8.10. The standard InChI is InChI=1S/C10H8ClF2NO2/c11-5-1-2-6(12)8(9(5)13)7-3-4-16-10(15)14-7/h1-2,7H,3-4H2,(H,14,15)/t7-/m1/s1. The Labute approximate surface area is 95.3 Å². The van der Waals surface area contributed by atoms with Crippen molar-refractivity contribution in [3.05, 3.63) is 34.4 Å². The summed E-state index contributed by atoms with van der Waals surface area (Å²) >= 11 is 5.56. The van der Waals surface area contributed by atoms with Gasteiger partial charge >= 0.3 is 6.09 Å². The Hall–Kier alpha value is -1.36. The third kappa shape index (κ3) is 1.95. The zero-order chi connectivity index (χ0) is 11.7. The van der Waals surface area contributed by atoms with Crippen molar-refractivity contribution in [3.63, 3.8) is 0 Å². The first-order valence-electron chi connectivity index (χ1n) is 4.66. The number of nitrogens with one attached hydrogen (secondary N) is 1. The molecule has 0 spiro atoms. The fourth-order valence-electron chi connectivity index (χ4n) is 1.60. The van der Waals surface area contributed by atoms with Crippen molar-refractivity contribution in [3.8, 4) is 0 Å². The lowest BCUT2D eigenvalue weighted by Crippen LogP contribution is -2.36. The highest BCUT2D eigenvalue weighted by Crippen LogP contribution is 2.29. The molecule has 0 saturated carbocycles. The Balaban J connectivity index is 2.39. The van der Waals surface area contributed by atoms with Gasteiger partial charge in [0, 0.05) is 12.0 Å². The molecule has 1 saturated heterocycles. The first-order valence-corrected chi connectivity index (χ1v) is 5.04. The summed E-state index contributed by atoms with van der Waals surface area (Å²) in [5, 5.41) is 2.17. The molecule has 0 aromatic heterocycles. The molecule has 1 aliphatic rings. The van der Waals surface area contributed by atoms with Crippen LogP contribution >= 0.6 is 11.6 Å². The molecule has 2 rings (SSSR count). The van der Waals surface area contributed by atoms with Crippen LogP contribution in [0.1, 0.15) is 18.0 Å². The molecule has 0 bridgehead atoms. The number of ether oxygens (including phenoxy) is 1. The summed E-state index contributed by atoms with van der Waals surface area (Å²) in [6, 6.07) is 1.47. The van der Waals surface area contributed by atoms with Crippen LogP contribution in [-0.4, -0.2) is 12.7 Å². The van der Waals surface area contributed by atoms with E-state index in [0.29, 0.717) is 6.42 Å². The van der Waals surface area contributed by atoms with Crippen LogP contribution in [0.15, 0.2) is 12.1 Å². The molecule has 86 valence electrons. The van der Waals surface area contributed by atoms with Gasteiger partial charge in [0.25, 0.3) is 0 Å². The van der Waals surface area contributed by atoms with Gasteiger partial charge in [0.1, 0.15) is 11.6 Å². The fraction of sp³-hybridized carbons (Fsp3) is 0.300. The second-order valence-corrected chi connectivity index (χ2v) is 3.79. The van der Waals surface area contributed by atoms with Gasteiger partial charge in [-0.25, -0.2) is 13.6 Å². The summed E-state index contributed by atoms with van der Waals surface area (Å²) in [4.78, 5) is 10.9. The van der Waals surface area contributed by atoms with Crippen molar-refractivity contribution in [2.75, 3.05) is 6.61 Å². The highest BCUT2D eigenvalue weighted by Gasteiger charge is 2.27. The van der Waals surface area contributed by atoms with E-state index in [1.165, 1.54) is 0 Å². The molecule has 16 heavy (non-hydrogen) atoms. The van der Waals surface area contributed by atoms with Gasteiger partial charge in [0.05, 0.1) is 17.7 Å². The van der Waals surface area contributed by atoms with E-state index in [1.54, 1.807) is 0 Å².